The van der Waals surface area contributed by atoms with Gasteiger partial charge in [0.25, 0.3) is 10.0 Å². The summed E-state index contributed by atoms with van der Waals surface area (Å²) in [5.41, 5.74) is 1.16. The van der Waals surface area contributed by atoms with Crippen molar-refractivity contribution in [2.75, 3.05) is 29.5 Å². The molecule has 2 N–H and O–H groups in total. The maximum absolute atomic E-state index is 14.6. The van der Waals surface area contributed by atoms with Crippen LogP contribution in [0.15, 0.2) is 47.4 Å². The van der Waals surface area contributed by atoms with E-state index in [4.69, 9.17) is 4.74 Å². The third-order valence-electron chi connectivity index (χ3n) is 7.25. The SMILES string of the molecule is CC(C)NC(=O)N(C(=O)NC(C)C)c1ccc(S(=O)(=O)N(C)c2ccc3c(c2)nc(C(C)(F)F)n3CC2CCOCC2)cc1. The van der Waals surface area contributed by atoms with Crippen LogP contribution in [0.25, 0.3) is 11.0 Å². The minimum atomic E-state index is -4.12. The van der Waals surface area contributed by atoms with Crippen LogP contribution in [0.5, 0.6) is 0 Å². The number of nitrogens with zero attached hydrogens (tertiary/aromatic N) is 4. The number of ether oxygens (including phenoxy) is 1. The van der Waals surface area contributed by atoms with Crippen LogP contribution in [0, 0.1) is 5.92 Å². The van der Waals surface area contributed by atoms with Gasteiger partial charge in [0.2, 0.25) is 0 Å². The van der Waals surface area contributed by atoms with Crippen molar-refractivity contribution in [3.8, 4) is 0 Å². The van der Waals surface area contributed by atoms with Crippen molar-refractivity contribution in [2.24, 2.45) is 5.92 Å². The van der Waals surface area contributed by atoms with E-state index in [1.807, 2.05) is 0 Å². The predicted molar refractivity (Wildman–Crippen MR) is 165 cm³/mol. The van der Waals surface area contributed by atoms with E-state index in [9.17, 15) is 26.8 Å². The largest absolute Gasteiger partial charge is 0.381 e. The molecule has 11 nitrogen and oxygen atoms in total. The number of nitrogens with one attached hydrogen (secondary N) is 2. The molecule has 1 fully saturated rings. The summed E-state index contributed by atoms with van der Waals surface area (Å²) in [7, 11) is -2.76. The molecule has 2 heterocycles. The normalized spacial score (nSPS) is 14.7. The summed E-state index contributed by atoms with van der Waals surface area (Å²) in [5.74, 6) is -3.41. The van der Waals surface area contributed by atoms with Crippen molar-refractivity contribution in [1.82, 2.24) is 20.2 Å². The van der Waals surface area contributed by atoms with E-state index in [2.05, 4.69) is 15.6 Å². The van der Waals surface area contributed by atoms with Gasteiger partial charge < -0.3 is 19.9 Å². The van der Waals surface area contributed by atoms with Crippen LogP contribution in [-0.2, 0) is 27.2 Å². The Morgan fingerprint density at radius 2 is 1.55 bits per heavy atom. The Morgan fingerprint density at radius 1 is 1.00 bits per heavy atom. The zero-order valence-electron chi connectivity index (χ0n) is 25.8. The van der Waals surface area contributed by atoms with E-state index in [1.165, 1.54) is 41.9 Å². The summed E-state index contributed by atoms with van der Waals surface area (Å²) in [5, 5.41) is 5.34. The predicted octanol–water partition coefficient (Wildman–Crippen LogP) is 5.44. The number of hydrogen-bond donors (Lipinski definition) is 2. The molecule has 14 heteroatoms. The molecule has 0 radical (unpaired) electrons. The Balaban J connectivity index is 1.64. The molecule has 0 spiro atoms. The molecule has 1 aromatic heterocycles. The van der Waals surface area contributed by atoms with Crippen molar-refractivity contribution in [3.05, 3.63) is 48.3 Å². The number of imidazole rings is 1. The number of sulfonamides is 1. The first-order chi connectivity index (χ1) is 20.6. The van der Waals surface area contributed by atoms with Gasteiger partial charge in [-0.1, -0.05) is 0 Å². The number of aromatic nitrogens is 2. The van der Waals surface area contributed by atoms with Gasteiger partial charge in [-0.05, 0) is 88.9 Å². The molecule has 44 heavy (non-hydrogen) atoms. The first-order valence-electron chi connectivity index (χ1n) is 14.6. The quantitative estimate of drug-likeness (QED) is 0.323. The fourth-order valence-electron chi connectivity index (χ4n) is 5.03. The number of benzene rings is 2. The Bertz CT molecular complexity index is 1570. The average Bonchev–Trinajstić information content (AvgIpc) is 3.31. The lowest BCUT2D eigenvalue weighted by Gasteiger charge is -2.25. The second-order valence-electron chi connectivity index (χ2n) is 11.7. The van der Waals surface area contributed by atoms with Crippen LogP contribution in [0.2, 0.25) is 0 Å². The molecule has 0 aliphatic carbocycles. The number of halogens is 2. The van der Waals surface area contributed by atoms with Gasteiger partial charge in [0, 0.05) is 45.8 Å². The maximum atomic E-state index is 14.6. The van der Waals surface area contributed by atoms with Gasteiger partial charge in [0.15, 0.2) is 5.82 Å². The molecule has 0 bridgehead atoms. The number of anilines is 2. The van der Waals surface area contributed by atoms with Crippen molar-refractivity contribution in [3.63, 3.8) is 0 Å². The fraction of sp³-hybridized carbons (Fsp3) is 0.500. The lowest BCUT2D eigenvalue weighted by molar-refractivity contribution is 0.00222. The molecule has 240 valence electrons. The molecule has 0 unspecified atom stereocenters. The second-order valence-corrected chi connectivity index (χ2v) is 13.6. The number of urea groups is 2. The number of hydrogen-bond acceptors (Lipinski definition) is 6. The maximum Gasteiger partial charge on any atom is 0.330 e. The lowest BCUT2D eigenvalue weighted by Crippen LogP contribution is -2.51. The number of imide groups is 1. The Hall–Kier alpha value is -3.78. The van der Waals surface area contributed by atoms with Gasteiger partial charge in [0.1, 0.15) is 0 Å². The smallest absolute Gasteiger partial charge is 0.330 e. The molecular weight excluding hydrogens is 594 g/mol. The van der Waals surface area contributed by atoms with Gasteiger partial charge in [-0.2, -0.15) is 8.78 Å². The topological polar surface area (TPSA) is 126 Å². The molecular formula is C30H40F2N6O5S. The Labute approximate surface area is 256 Å². The van der Waals surface area contributed by atoms with Gasteiger partial charge in [0.05, 0.1) is 27.3 Å². The van der Waals surface area contributed by atoms with E-state index < -0.39 is 28.0 Å². The first kappa shape index (κ1) is 33.1. The second kappa shape index (κ2) is 13.1. The average molecular weight is 635 g/mol. The number of carbonyl (C=O) groups is 2. The number of amides is 4. The molecule has 4 amide bonds. The summed E-state index contributed by atoms with van der Waals surface area (Å²) >= 11 is 0. The first-order valence-corrected chi connectivity index (χ1v) is 16.0. The lowest BCUT2D eigenvalue weighted by atomic mass is 10.00. The van der Waals surface area contributed by atoms with E-state index in [0.29, 0.717) is 25.3 Å². The minimum Gasteiger partial charge on any atom is -0.381 e. The van der Waals surface area contributed by atoms with Gasteiger partial charge in [-0.25, -0.2) is 27.9 Å². The number of alkyl halides is 2. The van der Waals surface area contributed by atoms with Crippen LogP contribution in [0.1, 0.15) is 53.3 Å². The molecule has 2 aromatic carbocycles. The van der Waals surface area contributed by atoms with E-state index in [0.717, 1.165) is 29.0 Å². The molecule has 0 saturated carbocycles. The van der Waals surface area contributed by atoms with Crippen LogP contribution in [0.4, 0.5) is 29.7 Å². The summed E-state index contributed by atoms with van der Waals surface area (Å²) < 4.78 is 64.4. The van der Waals surface area contributed by atoms with Crippen molar-refractivity contribution in [1.29, 1.82) is 0 Å². The van der Waals surface area contributed by atoms with Crippen molar-refractivity contribution in [2.45, 2.75) is 76.9 Å². The highest BCUT2D eigenvalue weighted by molar-refractivity contribution is 7.92. The molecule has 1 aliphatic rings. The van der Waals surface area contributed by atoms with E-state index in [1.54, 1.807) is 39.8 Å². The summed E-state index contributed by atoms with van der Waals surface area (Å²) in [6.45, 7) is 9.34. The fourth-order valence-corrected chi connectivity index (χ4v) is 6.22. The van der Waals surface area contributed by atoms with Crippen LogP contribution in [0.3, 0.4) is 0 Å². The summed E-state index contributed by atoms with van der Waals surface area (Å²) in [6.07, 6.45) is 1.52. The highest BCUT2D eigenvalue weighted by Crippen LogP contribution is 2.34. The summed E-state index contributed by atoms with van der Waals surface area (Å²) in [6, 6.07) is 8.19. The molecule has 4 rings (SSSR count). The number of rotatable bonds is 9. The van der Waals surface area contributed by atoms with Gasteiger partial charge in [-0.3, -0.25) is 4.31 Å². The number of carbonyl (C=O) groups excluding carboxylic acids is 2. The van der Waals surface area contributed by atoms with Crippen molar-refractivity contribution < 1.29 is 31.5 Å². The van der Waals surface area contributed by atoms with Crippen LogP contribution >= 0.6 is 0 Å². The molecule has 0 atom stereocenters. The van der Waals surface area contributed by atoms with Gasteiger partial charge >= 0.3 is 18.0 Å². The minimum absolute atomic E-state index is 0.0943. The van der Waals surface area contributed by atoms with Gasteiger partial charge in [-0.15, -0.1) is 0 Å². The standard InChI is InChI=1S/C30H40F2N6O5S/c1-19(2)33-28(39)38(29(40)34-20(3)4)22-7-10-24(11-8-22)44(41,42)36(6)23-9-12-26-25(17-23)35-27(30(5,31)32)37(26)18-21-13-15-43-16-14-21/h7-12,17,19-21H,13-16,18H2,1-6H3,(H,33,39)(H,34,40). The highest BCUT2D eigenvalue weighted by atomic mass is 32.2. The summed E-state index contributed by atoms with van der Waals surface area (Å²) in [4.78, 5) is 30.7. The molecule has 1 saturated heterocycles. The van der Waals surface area contributed by atoms with E-state index in [-0.39, 0.29) is 45.6 Å². The highest BCUT2D eigenvalue weighted by Gasteiger charge is 2.33. The Morgan fingerprint density at radius 3 is 2.07 bits per heavy atom. The van der Waals surface area contributed by atoms with Crippen molar-refractivity contribution >= 4 is 44.5 Å². The monoisotopic (exact) mass is 634 g/mol. The zero-order valence-corrected chi connectivity index (χ0v) is 26.6. The third kappa shape index (κ3) is 7.29. The molecule has 1 aliphatic heterocycles. The van der Waals surface area contributed by atoms with Crippen LogP contribution in [-0.4, -0.2) is 62.4 Å². The zero-order chi connectivity index (χ0) is 32.4. The van der Waals surface area contributed by atoms with E-state index >= 15 is 0 Å². The number of fused-ring (bicyclic) bond motifs is 1. The third-order valence-corrected chi connectivity index (χ3v) is 9.05. The molecule has 3 aromatic rings. The Kier molecular flexibility index (Phi) is 9.83. The van der Waals surface area contributed by atoms with Crippen LogP contribution < -0.4 is 19.8 Å².